The van der Waals surface area contributed by atoms with Crippen LogP contribution in [0.1, 0.15) is 0 Å². The molecule has 0 bridgehead atoms. The molecule has 0 heterocycles. The van der Waals surface area contributed by atoms with Gasteiger partial charge in [0.25, 0.3) is 0 Å². The van der Waals surface area contributed by atoms with E-state index < -0.39 is 0 Å². The van der Waals surface area contributed by atoms with Gasteiger partial charge in [-0.05, 0) is 12.1 Å². The number of benzene rings is 1. The molecule has 12 heavy (non-hydrogen) atoms. The zero-order valence-corrected chi connectivity index (χ0v) is 7.03. The lowest BCUT2D eigenvalue weighted by atomic mass is 10.3. The predicted molar refractivity (Wildman–Crippen MR) is 44.9 cm³/mol. The van der Waals surface area contributed by atoms with Crippen molar-refractivity contribution in [2.24, 2.45) is 0 Å². The normalized spacial score (nSPS) is 9.75. The monoisotopic (exact) mass is 168 g/mol. The molecular weight excluding hydrogens is 156 g/mol. The molecule has 66 valence electrons. The maximum Gasteiger partial charge on any atom is 0.119 e. The average Bonchev–Trinajstić information content (AvgIpc) is 2.14. The second-order valence-corrected chi connectivity index (χ2v) is 2.15. The Balaban J connectivity index is 2.16. The molecule has 0 saturated heterocycles. The van der Waals surface area contributed by atoms with Crippen LogP contribution in [0.4, 0.5) is 0 Å². The van der Waals surface area contributed by atoms with Crippen molar-refractivity contribution >= 4 is 0 Å². The summed E-state index contributed by atoms with van der Waals surface area (Å²) in [5, 5.41) is 0. The van der Waals surface area contributed by atoms with Crippen LogP contribution >= 0.6 is 0 Å². The minimum absolute atomic E-state index is 0.436. The second-order valence-electron chi connectivity index (χ2n) is 2.15. The number of rotatable bonds is 5. The Morgan fingerprint density at radius 3 is 2.50 bits per heavy atom. The molecule has 0 amide bonds. The fourth-order valence-corrected chi connectivity index (χ4v) is 0.794. The summed E-state index contributed by atoms with van der Waals surface area (Å²) in [6.45, 7) is 0.934. The Hall–Kier alpha value is -1.06. The first-order valence-electron chi connectivity index (χ1n) is 3.77. The van der Waals surface area contributed by atoms with Gasteiger partial charge in [-0.3, -0.25) is 0 Å². The van der Waals surface area contributed by atoms with E-state index in [0.717, 1.165) is 5.75 Å². The Morgan fingerprint density at radius 2 is 1.83 bits per heavy atom. The van der Waals surface area contributed by atoms with Crippen molar-refractivity contribution in [3.8, 4) is 5.75 Å². The van der Waals surface area contributed by atoms with Gasteiger partial charge in [0.15, 0.2) is 0 Å². The summed E-state index contributed by atoms with van der Waals surface area (Å²) in [5.41, 5.74) is 0. The first-order valence-corrected chi connectivity index (χ1v) is 3.77. The van der Waals surface area contributed by atoms with Gasteiger partial charge in [0.1, 0.15) is 19.0 Å². The molecule has 3 heteroatoms. The molecule has 0 aliphatic heterocycles. The van der Waals surface area contributed by atoms with E-state index in [0.29, 0.717) is 13.2 Å². The second kappa shape index (κ2) is 5.57. The Kier molecular flexibility index (Phi) is 4.19. The SMILES string of the molecule is COOCCOc1ccccc1. The smallest absolute Gasteiger partial charge is 0.119 e. The molecule has 0 unspecified atom stereocenters. The van der Waals surface area contributed by atoms with Gasteiger partial charge in [0, 0.05) is 0 Å². The molecule has 1 aromatic rings. The lowest BCUT2D eigenvalue weighted by Gasteiger charge is -2.04. The molecule has 1 aromatic carbocycles. The summed E-state index contributed by atoms with van der Waals surface area (Å²) in [5.74, 6) is 0.845. The molecule has 1 rings (SSSR count). The van der Waals surface area contributed by atoms with Crippen LogP contribution in [0.2, 0.25) is 0 Å². The van der Waals surface area contributed by atoms with Gasteiger partial charge >= 0.3 is 0 Å². The molecule has 0 aromatic heterocycles. The highest BCUT2D eigenvalue weighted by Crippen LogP contribution is 2.07. The summed E-state index contributed by atoms with van der Waals surface area (Å²) in [4.78, 5) is 9.03. The van der Waals surface area contributed by atoms with Crippen LogP contribution in [0.15, 0.2) is 30.3 Å². The number of para-hydroxylation sites is 1. The lowest BCUT2D eigenvalue weighted by molar-refractivity contribution is -0.274. The van der Waals surface area contributed by atoms with Crippen LogP contribution in [-0.4, -0.2) is 20.3 Å². The minimum Gasteiger partial charge on any atom is -0.491 e. The summed E-state index contributed by atoms with van der Waals surface area (Å²) < 4.78 is 5.30. The highest BCUT2D eigenvalue weighted by Gasteiger charge is 1.90. The summed E-state index contributed by atoms with van der Waals surface area (Å²) in [6.07, 6.45) is 0. The van der Waals surface area contributed by atoms with E-state index in [9.17, 15) is 0 Å². The van der Waals surface area contributed by atoms with E-state index in [4.69, 9.17) is 4.74 Å². The van der Waals surface area contributed by atoms with Crippen LogP contribution in [0.25, 0.3) is 0 Å². The van der Waals surface area contributed by atoms with Crippen LogP contribution in [0, 0.1) is 0 Å². The fourth-order valence-electron chi connectivity index (χ4n) is 0.794. The molecule has 0 radical (unpaired) electrons. The van der Waals surface area contributed by atoms with E-state index in [1.807, 2.05) is 30.3 Å². The molecule has 0 saturated carbocycles. The average molecular weight is 168 g/mol. The van der Waals surface area contributed by atoms with Crippen molar-refractivity contribution in [1.29, 1.82) is 0 Å². The van der Waals surface area contributed by atoms with Crippen LogP contribution in [-0.2, 0) is 9.78 Å². The van der Waals surface area contributed by atoms with E-state index in [-0.39, 0.29) is 0 Å². The van der Waals surface area contributed by atoms with Crippen molar-refractivity contribution in [2.45, 2.75) is 0 Å². The number of hydrogen-bond donors (Lipinski definition) is 0. The van der Waals surface area contributed by atoms with Gasteiger partial charge in [-0.2, -0.15) is 0 Å². The van der Waals surface area contributed by atoms with E-state index in [1.54, 1.807) is 0 Å². The number of ether oxygens (including phenoxy) is 1. The Labute approximate surface area is 71.8 Å². The van der Waals surface area contributed by atoms with Crippen LogP contribution in [0.3, 0.4) is 0 Å². The van der Waals surface area contributed by atoms with Gasteiger partial charge in [0.2, 0.25) is 0 Å². The van der Waals surface area contributed by atoms with E-state index >= 15 is 0 Å². The summed E-state index contributed by atoms with van der Waals surface area (Å²) in [6, 6.07) is 9.58. The first-order chi connectivity index (χ1) is 5.93. The summed E-state index contributed by atoms with van der Waals surface area (Å²) in [7, 11) is 1.47. The van der Waals surface area contributed by atoms with Crippen molar-refractivity contribution in [1.82, 2.24) is 0 Å². The maximum atomic E-state index is 5.30. The van der Waals surface area contributed by atoms with Gasteiger partial charge < -0.3 is 4.74 Å². The molecule has 3 nitrogen and oxygen atoms in total. The molecule has 0 aliphatic rings. The van der Waals surface area contributed by atoms with Crippen molar-refractivity contribution in [3.05, 3.63) is 30.3 Å². The van der Waals surface area contributed by atoms with Crippen molar-refractivity contribution in [3.63, 3.8) is 0 Å². The zero-order valence-electron chi connectivity index (χ0n) is 7.03. The van der Waals surface area contributed by atoms with E-state index in [2.05, 4.69) is 9.78 Å². The molecular formula is C9H12O3. The summed E-state index contributed by atoms with van der Waals surface area (Å²) >= 11 is 0. The van der Waals surface area contributed by atoms with Gasteiger partial charge in [-0.25, -0.2) is 9.78 Å². The minimum atomic E-state index is 0.436. The zero-order chi connectivity index (χ0) is 8.65. The molecule has 0 aliphatic carbocycles. The highest BCUT2D eigenvalue weighted by molar-refractivity contribution is 5.20. The fraction of sp³-hybridized carbons (Fsp3) is 0.333. The van der Waals surface area contributed by atoms with Gasteiger partial charge in [-0.1, -0.05) is 18.2 Å². The topological polar surface area (TPSA) is 27.7 Å². The molecule has 0 atom stereocenters. The van der Waals surface area contributed by atoms with E-state index in [1.165, 1.54) is 7.11 Å². The molecule has 0 fully saturated rings. The maximum absolute atomic E-state index is 5.30. The first kappa shape index (κ1) is 9.03. The van der Waals surface area contributed by atoms with Gasteiger partial charge in [0.05, 0.1) is 7.11 Å². The molecule has 0 spiro atoms. The third-order valence-electron chi connectivity index (χ3n) is 1.30. The Morgan fingerprint density at radius 1 is 1.08 bits per heavy atom. The van der Waals surface area contributed by atoms with Crippen molar-refractivity contribution in [2.75, 3.05) is 20.3 Å². The third kappa shape index (κ3) is 3.37. The van der Waals surface area contributed by atoms with Crippen LogP contribution < -0.4 is 4.74 Å². The predicted octanol–water partition coefficient (Wildman–Crippen LogP) is 1.64. The van der Waals surface area contributed by atoms with Crippen molar-refractivity contribution < 1.29 is 14.5 Å². The quantitative estimate of drug-likeness (QED) is 0.380. The van der Waals surface area contributed by atoms with Crippen LogP contribution in [0.5, 0.6) is 5.75 Å². The number of hydrogen-bond acceptors (Lipinski definition) is 3. The van der Waals surface area contributed by atoms with Gasteiger partial charge in [-0.15, -0.1) is 0 Å². The Bertz CT molecular complexity index is 198. The third-order valence-corrected chi connectivity index (χ3v) is 1.30. The highest BCUT2D eigenvalue weighted by atomic mass is 17.2. The largest absolute Gasteiger partial charge is 0.491 e. The lowest BCUT2D eigenvalue weighted by Crippen LogP contribution is -2.05. The standard InChI is InChI=1S/C9H12O3/c1-10-12-8-7-11-9-5-3-2-4-6-9/h2-6H,7-8H2,1H3. The molecule has 0 N–H and O–H groups in total.